The molecule has 0 aromatic carbocycles. The SMILES string of the molecule is CCNC1(C(N)=O)CCCC(N(C)C(C)C2CC2)C1. The number of primary amides is 1. The summed E-state index contributed by atoms with van der Waals surface area (Å²) in [5, 5.41) is 3.36. The highest BCUT2D eigenvalue weighted by Gasteiger charge is 2.43. The molecule has 3 unspecified atom stereocenters. The van der Waals surface area contributed by atoms with Crippen molar-refractivity contribution in [2.45, 2.75) is 70.0 Å². The van der Waals surface area contributed by atoms with Crippen LogP contribution in [0.3, 0.4) is 0 Å². The second-order valence-corrected chi connectivity index (χ2v) is 6.47. The van der Waals surface area contributed by atoms with Crippen LogP contribution in [-0.4, -0.2) is 42.0 Å². The van der Waals surface area contributed by atoms with Crippen LogP contribution in [0.15, 0.2) is 0 Å². The minimum absolute atomic E-state index is 0.175. The lowest BCUT2D eigenvalue weighted by Crippen LogP contribution is -2.61. The van der Waals surface area contributed by atoms with Gasteiger partial charge in [-0.2, -0.15) is 0 Å². The summed E-state index contributed by atoms with van der Waals surface area (Å²) >= 11 is 0. The molecular weight excluding hydrogens is 238 g/mol. The number of carbonyl (C=O) groups excluding carboxylic acids is 1. The van der Waals surface area contributed by atoms with Crippen molar-refractivity contribution in [3.63, 3.8) is 0 Å². The predicted molar refractivity (Wildman–Crippen MR) is 77.8 cm³/mol. The molecule has 19 heavy (non-hydrogen) atoms. The number of nitrogens with one attached hydrogen (secondary N) is 1. The molecule has 110 valence electrons. The lowest BCUT2D eigenvalue weighted by molar-refractivity contribution is -0.126. The van der Waals surface area contributed by atoms with Gasteiger partial charge in [0, 0.05) is 12.1 Å². The number of hydrogen-bond acceptors (Lipinski definition) is 3. The predicted octanol–water partition coefficient (Wildman–Crippen LogP) is 1.49. The molecule has 3 atom stereocenters. The van der Waals surface area contributed by atoms with E-state index < -0.39 is 5.54 Å². The normalized spacial score (nSPS) is 33.4. The number of amides is 1. The van der Waals surface area contributed by atoms with Gasteiger partial charge in [0.05, 0.1) is 5.54 Å². The molecule has 2 rings (SSSR count). The van der Waals surface area contributed by atoms with E-state index in [0.29, 0.717) is 12.1 Å². The van der Waals surface area contributed by atoms with Gasteiger partial charge < -0.3 is 16.0 Å². The third-order valence-electron chi connectivity index (χ3n) is 5.23. The van der Waals surface area contributed by atoms with Gasteiger partial charge in [-0.15, -0.1) is 0 Å². The molecule has 0 aromatic heterocycles. The average Bonchev–Trinajstić information content (AvgIpc) is 3.22. The van der Waals surface area contributed by atoms with Crippen molar-refractivity contribution in [2.24, 2.45) is 11.7 Å². The first-order valence-corrected chi connectivity index (χ1v) is 7.77. The van der Waals surface area contributed by atoms with Crippen molar-refractivity contribution in [2.75, 3.05) is 13.6 Å². The Hall–Kier alpha value is -0.610. The van der Waals surface area contributed by atoms with E-state index in [0.717, 1.165) is 31.7 Å². The molecule has 2 aliphatic carbocycles. The molecule has 0 radical (unpaired) electrons. The van der Waals surface area contributed by atoms with Crippen molar-refractivity contribution < 1.29 is 4.79 Å². The van der Waals surface area contributed by atoms with Crippen molar-refractivity contribution in [3.05, 3.63) is 0 Å². The van der Waals surface area contributed by atoms with Gasteiger partial charge in [0.2, 0.25) is 5.91 Å². The first kappa shape index (κ1) is 14.8. The molecule has 4 nitrogen and oxygen atoms in total. The van der Waals surface area contributed by atoms with Gasteiger partial charge in [0.25, 0.3) is 0 Å². The summed E-state index contributed by atoms with van der Waals surface area (Å²) in [7, 11) is 2.22. The molecular formula is C15H29N3O. The van der Waals surface area contributed by atoms with Gasteiger partial charge in [-0.1, -0.05) is 6.92 Å². The van der Waals surface area contributed by atoms with Crippen molar-refractivity contribution in [3.8, 4) is 0 Å². The molecule has 0 spiro atoms. The van der Waals surface area contributed by atoms with Crippen molar-refractivity contribution >= 4 is 5.91 Å². The Balaban J connectivity index is 2.03. The van der Waals surface area contributed by atoms with E-state index in [4.69, 9.17) is 5.73 Å². The third kappa shape index (κ3) is 3.11. The molecule has 2 aliphatic rings. The average molecular weight is 267 g/mol. The molecule has 0 aliphatic heterocycles. The van der Waals surface area contributed by atoms with Crippen LogP contribution in [0.2, 0.25) is 0 Å². The van der Waals surface area contributed by atoms with Crippen molar-refractivity contribution in [1.82, 2.24) is 10.2 Å². The van der Waals surface area contributed by atoms with Crippen LogP contribution in [0, 0.1) is 5.92 Å². The molecule has 0 aromatic rings. The molecule has 1 amide bonds. The van der Waals surface area contributed by atoms with Crippen LogP contribution in [0.5, 0.6) is 0 Å². The molecule has 0 heterocycles. The maximum absolute atomic E-state index is 11.9. The monoisotopic (exact) mass is 267 g/mol. The number of nitrogens with zero attached hydrogens (tertiary/aromatic N) is 1. The smallest absolute Gasteiger partial charge is 0.237 e. The second-order valence-electron chi connectivity index (χ2n) is 6.47. The number of nitrogens with two attached hydrogens (primary N) is 1. The summed E-state index contributed by atoms with van der Waals surface area (Å²) in [4.78, 5) is 14.4. The minimum Gasteiger partial charge on any atom is -0.368 e. The van der Waals surface area contributed by atoms with Gasteiger partial charge in [-0.25, -0.2) is 0 Å². The van der Waals surface area contributed by atoms with Crippen LogP contribution in [-0.2, 0) is 4.79 Å². The van der Waals surface area contributed by atoms with Gasteiger partial charge >= 0.3 is 0 Å². The maximum Gasteiger partial charge on any atom is 0.237 e. The Morgan fingerprint density at radius 1 is 1.47 bits per heavy atom. The van der Waals surface area contributed by atoms with Crippen LogP contribution in [0.4, 0.5) is 0 Å². The Morgan fingerprint density at radius 3 is 2.68 bits per heavy atom. The first-order valence-electron chi connectivity index (χ1n) is 7.77. The Labute approximate surface area is 117 Å². The lowest BCUT2D eigenvalue weighted by atomic mass is 9.77. The zero-order valence-electron chi connectivity index (χ0n) is 12.6. The molecule has 3 N–H and O–H groups in total. The number of carbonyl (C=O) groups is 1. The van der Waals surface area contributed by atoms with E-state index in [9.17, 15) is 4.79 Å². The first-order chi connectivity index (χ1) is 9.00. The molecule has 2 fully saturated rings. The summed E-state index contributed by atoms with van der Waals surface area (Å²) in [5.74, 6) is 0.695. The highest BCUT2D eigenvalue weighted by molar-refractivity contribution is 5.84. The highest BCUT2D eigenvalue weighted by atomic mass is 16.1. The fourth-order valence-electron chi connectivity index (χ4n) is 3.65. The van der Waals surface area contributed by atoms with E-state index in [1.165, 1.54) is 19.3 Å². The van der Waals surface area contributed by atoms with Crippen molar-refractivity contribution in [1.29, 1.82) is 0 Å². The van der Waals surface area contributed by atoms with Gasteiger partial charge in [0.15, 0.2) is 0 Å². The Morgan fingerprint density at radius 2 is 2.16 bits per heavy atom. The minimum atomic E-state index is -0.477. The van der Waals surface area contributed by atoms with E-state index in [1.54, 1.807) is 0 Å². The summed E-state index contributed by atoms with van der Waals surface area (Å²) in [6, 6.07) is 1.12. The van der Waals surface area contributed by atoms with E-state index in [2.05, 4.69) is 24.2 Å². The quantitative estimate of drug-likeness (QED) is 0.766. The number of hydrogen-bond donors (Lipinski definition) is 2. The van der Waals surface area contributed by atoms with Crippen LogP contribution < -0.4 is 11.1 Å². The van der Waals surface area contributed by atoms with E-state index in [1.807, 2.05) is 6.92 Å². The van der Waals surface area contributed by atoms with Gasteiger partial charge in [0.1, 0.15) is 0 Å². The lowest BCUT2D eigenvalue weighted by Gasteiger charge is -2.44. The van der Waals surface area contributed by atoms with Gasteiger partial charge in [-0.05, 0) is 65.0 Å². The van der Waals surface area contributed by atoms with Gasteiger partial charge in [-0.3, -0.25) is 4.79 Å². The Bertz CT molecular complexity index is 325. The number of rotatable bonds is 6. The Kier molecular flexibility index (Phi) is 4.51. The standard InChI is InChI=1S/C15H29N3O/c1-4-17-15(14(16)19)9-5-6-13(10-15)18(3)11(2)12-7-8-12/h11-13,17H,4-10H2,1-3H3,(H2,16,19). The molecule has 0 saturated heterocycles. The zero-order chi connectivity index (χ0) is 14.0. The fourth-order valence-corrected chi connectivity index (χ4v) is 3.65. The topological polar surface area (TPSA) is 58.4 Å². The summed E-state index contributed by atoms with van der Waals surface area (Å²) < 4.78 is 0. The van der Waals surface area contributed by atoms with Crippen LogP contribution >= 0.6 is 0 Å². The van der Waals surface area contributed by atoms with Crippen LogP contribution in [0.1, 0.15) is 52.4 Å². The summed E-state index contributed by atoms with van der Waals surface area (Å²) in [6.45, 7) is 5.17. The van der Waals surface area contributed by atoms with E-state index in [-0.39, 0.29) is 5.91 Å². The second kappa shape index (κ2) is 5.80. The largest absolute Gasteiger partial charge is 0.368 e. The van der Waals surface area contributed by atoms with Crippen LogP contribution in [0.25, 0.3) is 0 Å². The fraction of sp³-hybridized carbons (Fsp3) is 0.933. The molecule has 0 bridgehead atoms. The molecule has 2 saturated carbocycles. The number of likely N-dealkylation sites (N-methyl/N-ethyl adjacent to an activating group) is 1. The third-order valence-corrected chi connectivity index (χ3v) is 5.23. The maximum atomic E-state index is 11.9. The zero-order valence-corrected chi connectivity index (χ0v) is 12.6. The van der Waals surface area contributed by atoms with E-state index >= 15 is 0 Å². The summed E-state index contributed by atoms with van der Waals surface area (Å²) in [6.07, 6.45) is 6.76. The highest BCUT2D eigenvalue weighted by Crippen LogP contribution is 2.38. The molecule has 4 heteroatoms. The summed E-state index contributed by atoms with van der Waals surface area (Å²) in [5.41, 5.74) is 5.20.